The van der Waals surface area contributed by atoms with Gasteiger partial charge in [-0.3, -0.25) is 9.59 Å². The summed E-state index contributed by atoms with van der Waals surface area (Å²) in [6.07, 6.45) is 2.18. The first-order valence-electron chi connectivity index (χ1n) is 9.34. The molecule has 2 aromatic rings. The van der Waals surface area contributed by atoms with Crippen molar-refractivity contribution in [3.05, 3.63) is 35.5 Å². The molecule has 26 heavy (non-hydrogen) atoms. The van der Waals surface area contributed by atoms with Gasteiger partial charge >= 0.3 is 0 Å². The summed E-state index contributed by atoms with van der Waals surface area (Å²) in [5, 5.41) is 14.3. The number of piperidine rings is 1. The van der Waals surface area contributed by atoms with Crippen LogP contribution in [0.4, 0.5) is 0 Å². The van der Waals surface area contributed by atoms with Crippen LogP contribution in [0.15, 0.2) is 24.3 Å². The number of nitrogens with zero attached hydrogens (tertiary/aromatic N) is 1. The lowest BCUT2D eigenvalue weighted by Gasteiger charge is -2.36. The van der Waals surface area contributed by atoms with Crippen LogP contribution >= 0.6 is 0 Å². The lowest BCUT2D eigenvalue weighted by Crippen LogP contribution is -2.55. The Labute approximate surface area is 153 Å². The van der Waals surface area contributed by atoms with Crippen molar-refractivity contribution in [3.63, 3.8) is 0 Å². The van der Waals surface area contributed by atoms with E-state index in [1.54, 1.807) is 4.90 Å². The van der Waals surface area contributed by atoms with Gasteiger partial charge in [0.15, 0.2) is 0 Å². The van der Waals surface area contributed by atoms with Crippen molar-refractivity contribution in [3.8, 4) is 0 Å². The number of amides is 2. The minimum Gasteiger partial charge on any atom is -0.389 e. The molecule has 140 valence electrons. The number of aliphatic hydroxyl groups excluding tert-OH is 1. The smallest absolute Gasteiger partial charge is 0.268 e. The van der Waals surface area contributed by atoms with E-state index >= 15 is 0 Å². The van der Waals surface area contributed by atoms with Gasteiger partial charge in [-0.1, -0.05) is 25.5 Å². The molecule has 6 nitrogen and oxygen atoms in total. The van der Waals surface area contributed by atoms with Gasteiger partial charge in [-0.25, -0.2) is 0 Å². The van der Waals surface area contributed by atoms with Gasteiger partial charge in [-0.15, -0.1) is 0 Å². The number of aryl methyl sites for hydroxylation is 1. The average molecular weight is 357 g/mol. The highest BCUT2D eigenvalue weighted by Crippen LogP contribution is 2.18. The van der Waals surface area contributed by atoms with Gasteiger partial charge in [-0.2, -0.15) is 0 Å². The molecule has 6 heteroatoms. The van der Waals surface area contributed by atoms with Gasteiger partial charge in [0, 0.05) is 30.4 Å². The minimum absolute atomic E-state index is 0.0849. The van der Waals surface area contributed by atoms with E-state index in [2.05, 4.69) is 17.2 Å². The number of H-pyrrole nitrogens is 1. The van der Waals surface area contributed by atoms with Crippen LogP contribution in [-0.4, -0.2) is 52.0 Å². The third-order valence-electron chi connectivity index (χ3n) is 5.02. The lowest BCUT2D eigenvalue weighted by molar-refractivity contribution is -0.134. The summed E-state index contributed by atoms with van der Waals surface area (Å²) in [5.41, 5.74) is 2.54. The summed E-state index contributed by atoms with van der Waals surface area (Å²) >= 11 is 0. The van der Waals surface area contributed by atoms with Crippen LogP contribution in [0.25, 0.3) is 10.9 Å². The molecule has 0 radical (unpaired) electrons. The number of rotatable bonds is 5. The molecule has 1 fully saturated rings. The van der Waals surface area contributed by atoms with E-state index in [1.165, 1.54) is 0 Å². The molecular formula is C20H27N3O3. The Morgan fingerprint density at radius 3 is 2.88 bits per heavy atom. The normalized spacial score (nSPS) is 20.3. The van der Waals surface area contributed by atoms with E-state index in [4.69, 9.17) is 0 Å². The number of aromatic amines is 1. The molecule has 2 atom stereocenters. The van der Waals surface area contributed by atoms with Crippen LogP contribution in [0.5, 0.6) is 0 Å². The Morgan fingerprint density at radius 2 is 2.15 bits per heavy atom. The van der Waals surface area contributed by atoms with Gasteiger partial charge in [0.05, 0.1) is 12.1 Å². The topological polar surface area (TPSA) is 85.4 Å². The molecule has 2 heterocycles. The summed E-state index contributed by atoms with van der Waals surface area (Å²) < 4.78 is 0. The van der Waals surface area contributed by atoms with Crippen molar-refractivity contribution in [2.45, 2.75) is 51.7 Å². The van der Waals surface area contributed by atoms with Crippen LogP contribution in [-0.2, 0) is 4.79 Å². The van der Waals surface area contributed by atoms with Crippen LogP contribution in [0.3, 0.4) is 0 Å². The molecule has 1 saturated heterocycles. The quantitative estimate of drug-likeness (QED) is 0.768. The van der Waals surface area contributed by atoms with E-state index in [-0.39, 0.29) is 24.4 Å². The summed E-state index contributed by atoms with van der Waals surface area (Å²) in [5.74, 6) is -0.143. The van der Waals surface area contributed by atoms with Crippen molar-refractivity contribution in [2.24, 2.45) is 0 Å². The largest absolute Gasteiger partial charge is 0.389 e. The third-order valence-corrected chi connectivity index (χ3v) is 5.02. The van der Waals surface area contributed by atoms with Crippen molar-refractivity contribution in [2.75, 3.05) is 13.1 Å². The first-order chi connectivity index (χ1) is 12.5. The summed E-state index contributed by atoms with van der Waals surface area (Å²) in [6.45, 7) is 4.90. The standard InChI is InChI=1S/C20H27N3O3/c1-3-4-5-19(25)23-9-8-15(18(24)12-23)22-20(26)17-11-14-7-6-13(2)10-16(14)21-17/h6-7,10-11,15,18,21,24H,3-5,8-9,12H2,1-2H3,(H,22,26). The number of hydrogen-bond acceptors (Lipinski definition) is 3. The number of carbonyl (C=O) groups excluding carboxylic acids is 2. The Bertz CT molecular complexity index is 799. The second-order valence-electron chi connectivity index (χ2n) is 7.15. The van der Waals surface area contributed by atoms with Crippen LogP contribution < -0.4 is 5.32 Å². The Morgan fingerprint density at radius 1 is 1.35 bits per heavy atom. The zero-order chi connectivity index (χ0) is 18.7. The molecule has 3 rings (SSSR count). The summed E-state index contributed by atoms with van der Waals surface area (Å²) in [4.78, 5) is 29.5. The highest BCUT2D eigenvalue weighted by atomic mass is 16.3. The lowest BCUT2D eigenvalue weighted by atomic mass is 10.0. The number of unbranched alkanes of at least 4 members (excludes halogenated alkanes) is 1. The fourth-order valence-corrected chi connectivity index (χ4v) is 3.42. The number of nitrogens with one attached hydrogen (secondary N) is 2. The maximum Gasteiger partial charge on any atom is 0.268 e. The molecule has 0 spiro atoms. The van der Waals surface area contributed by atoms with Gasteiger partial charge in [0.1, 0.15) is 5.69 Å². The fourth-order valence-electron chi connectivity index (χ4n) is 3.42. The second-order valence-corrected chi connectivity index (χ2v) is 7.15. The Hall–Kier alpha value is -2.34. The number of carbonyl (C=O) groups is 2. The highest BCUT2D eigenvalue weighted by molar-refractivity contribution is 5.98. The van der Waals surface area contributed by atoms with Crippen molar-refractivity contribution in [1.29, 1.82) is 0 Å². The Balaban J connectivity index is 1.60. The monoisotopic (exact) mass is 357 g/mol. The molecule has 1 aromatic carbocycles. The molecule has 0 aliphatic carbocycles. The minimum atomic E-state index is -0.745. The van der Waals surface area contributed by atoms with Gasteiger partial charge in [0.2, 0.25) is 5.91 Å². The predicted molar refractivity (Wildman–Crippen MR) is 101 cm³/mol. The molecule has 1 aromatic heterocycles. The van der Waals surface area contributed by atoms with Gasteiger partial charge in [-0.05, 0) is 37.5 Å². The molecular weight excluding hydrogens is 330 g/mol. The predicted octanol–water partition coefficient (Wildman–Crippen LogP) is 2.36. The number of hydrogen-bond donors (Lipinski definition) is 3. The number of β-amino-alcohol motifs (C(OH)–C–C–N with tert-alkyl or cyclic N) is 1. The molecule has 2 amide bonds. The van der Waals surface area contributed by atoms with Crippen molar-refractivity contribution < 1.29 is 14.7 Å². The molecule has 2 unspecified atom stereocenters. The average Bonchev–Trinajstić information content (AvgIpc) is 3.04. The maximum absolute atomic E-state index is 12.5. The number of aliphatic hydroxyl groups is 1. The Kier molecular flexibility index (Phi) is 5.61. The summed E-state index contributed by atoms with van der Waals surface area (Å²) in [7, 11) is 0. The van der Waals surface area contributed by atoms with E-state index < -0.39 is 6.10 Å². The molecule has 0 saturated carbocycles. The highest BCUT2D eigenvalue weighted by Gasteiger charge is 2.31. The molecule has 0 bridgehead atoms. The first kappa shape index (κ1) is 18.5. The number of fused-ring (bicyclic) bond motifs is 1. The van der Waals surface area contributed by atoms with Crippen LogP contribution in [0, 0.1) is 6.92 Å². The van der Waals surface area contributed by atoms with Gasteiger partial charge in [0.25, 0.3) is 5.91 Å². The van der Waals surface area contributed by atoms with Gasteiger partial charge < -0.3 is 20.3 Å². The zero-order valence-corrected chi connectivity index (χ0v) is 15.4. The SMILES string of the molecule is CCCCC(=O)N1CCC(NC(=O)c2cc3ccc(C)cc3[nH]2)C(O)C1. The fraction of sp³-hybridized carbons (Fsp3) is 0.500. The third kappa shape index (κ3) is 4.07. The van der Waals surface area contributed by atoms with Crippen molar-refractivity contribution in [1.82, 2.24) is 15.2 Å². The van der Waals surface area contributed by atoms with E-state index in [9.17, 15) is 14.7 Å². The van der Waals surface area contributed by atoms with E-state index in [0.29, 0.717) is 25.1 Å². The van der Waals surface area contributed by atoms with Crippen LogP contribution in [0.1, 0.15) is 48.7 Å². The van der Waals surface area contributed by atoms with Crippen LogP contribution in [0.2, 0.25) is 0 Å². The molecule has 3 N–H and O–H groups in total. The van der Waals surface area contributed by atoms with Crippen molar-refractivity contribution >= 4 is 22.7 Å². The van der Waals surface area contributed by atoms with E-state index in [1.807, 2.05) is 31.2 Å². The number of likely N-dealkylation sites (tertiary alicyclic amines) is 1. The number of aromatic nitrogens is 1. The second kappa shape index (κ2) is 7.91. The first-order valence-corrected chi connectivity index (χ1v) is 9.34. The van der Waals surface area contributed by atoms with E-state index in [0.717, 1.165) is 29.3 Å². The number of benzene rings is 1. The maximum atomic E-state index is 12.5. The molecule has 1 aliphatic heterocycles. The molecule has 1 aliphatic rings. The summed E-state index contributed by atoms with van der Waals surface area (Å²) in [6, 6.07) is 7.47. The zero-order valence-electron chi connectivity index (χ0n) is 15.4.